The van der Waals surface area contributed by atoms with Crippen molar-refractivity contribution in [2.24, 2.45) is 0 Å². The smallest absolute Gasteiger partial charge is 0.225 e. The molecule has 1 heterocycles. The van der Waals surface area contributed by atoms with E-state index in [-0.39, 0.29) is 0 Å². The van der Waals surface area contributed by atoms with Gasteiger partial charge in [-0.1, -0.05) is 23.9 Å². The summed E-state index contributed by atoms with van der Waals surface area (Å²) in [6.07, 6.45) is 1.93. The highest BCUT2D eigenvalue weighted by Gasteiger charge is 2.09. The summed E-state index contributed by atoms with van der Waals surface area (Å²) in [5, 5.41) is 3.84. The molecule has 0 fully saturated rings. The second-order valence-corrected chi connectivity index (χ2v) is 4.86. The van der Waals surface area contributed by atoms with Crippen LogP contribution in [0.2, 0.25) is 0 Å². The van der Waals surface area contributed by atoms with Crippen molar-refractivity contribution in [3.8, 4) is 17.4 Å². The lowest BCUT2D eigenvalue weighted by atomic mass is 10.3. The minimum Gasteiger partial charge on any atom is -0.490 e. The molecule has 1 aromatic carbocycles. The van der Waals surface area contributed by atoms with Crippen LogP contribution in [0.1, 0.15) is 13.8 Å². The Balaban J connectivity index is 2.28. The lowest BCUT2D eigenvalue weighted by Crippen LogP contribution is -2.02. The standard InChI is InChI=1S/C15H19N3O2S/c1-4-16-13-10-14(18-15(17-13)21-3)20-12-9-7-6-8-11(12)19-5-2/h6-10H,4-5H2,1-3H3,(H,16,17,18). The van der Waals surface area contributed by atoms with Crippen LogP contribution >= 0.6 is 11.8 Å². The fourth-order valence-electron chi connectivity index (χ4n) is 1.74. The van der Waals surface area contributed by atoms with Crippen LogP contribution in [0.25, 0.3) is 0 Å². The number of hydrogen-bond acceptors (Lipinski definition) is 6. The lowest BCUT2D eigenvalue weighted by molar-refractivity contribution is 0.319. The predicted octanol–water partition coefficient (Wildman–Crippen LogP) is 3.82. The molecule has 2 aromatic rings. The van der Waals surface area contributed by atoms with E-state index in [0.29, 0.717) is 29.1 Å². The molecule has 1 N–H and O–H groups in total. The van der Waals surface area contributed by atoms with Crippen LogP contribution in [0.4, 0.5) is 5.82 Å². The Bertz CT molecular complexity index is 593. The van der Waals surface area contributed by atoms with Gasteiger partial charge < -0.3 is 14.8 Å². The minimum atomic E-state index is 0.498. The average molecular weight is 305 g/mol. The summed E-state index contributed by atoms with van der Waals surface area (Å²) in [5.74, 6) is 2.60. The fraction of sp³-hybridized carbons (Fsp3) is 0.333. The molecule has 0 saturated carbocycles. The summed E-state index contributed by atoms with van der Waals surface area (Å²) < 4.78 is 11.4. The Morgan fingerprint density at radius 2 is 1.90 bits per heavy atom. The summed E-state index contributed by atoms with van der Waals surface area (Å²) in [4.78, 5) is 8.74. The number of rotatable bonds is 7. The van der Waals surface area contributed by atoms with Crippen LogP contribution in [-0.4, -0.2) is 29.4 Å². The molecule has 6 heteroatoms. The first kappa shape index (κ1) is 15.4. The van der Waals surface area contributed by atoms with Crippen LogP contribution in [0.5, 0.6) is 17.4 Å². The van der Waals surface area contributed by atoms with E-state index in [1.54, 1.807) is 6.07 Å². The Labute approximate surface area is 129 Å². The number of ether oxygens (including phenoxy) is 2. The molecule has 0 bridgehead atoms. The van der Waals surface area contributed by atoms with Gasteiger partial charge in [-0.15, -0.1) is 0 Å². The predicted molar refractivity (Wildman–Crippen MR) is 85.7 cm³/mol. The van der Waals surface area contributed by atoms with Gasteiger partial charge in [0, 0.05) is 12.6 Å². The number of hydrogen-bond donors (Lipinski definition) is 1. The largest absolute Gasteiger partial charge is 0.490 e. The summed E-state index contributed by atoms with van der Waals surface area (Å²) in [6.45, 7) is 5.34. The molecule has 2 rings (SSSR count). The second kappa shape index (κ2) is 7.73. The highest BCUT2D eigenvalue weighted by molar-refractivity contribution is 7.98. The Morgan fingerprint density at radius 3 is 2.57 bits per heavy atom. The van der Waals surface area contributed by atoms with Gasteiger partial charge in [-0.05, 0) is 32.2 Å². The van der Waals surface area contributed by atoms with E-state index < -0.39 is 0 Å². The second-order valence-electron chi connectivity index (χ2n) is 4.09. The molecule has 21 heavy (non-hydrogen) atoms. The van der Waals surface area contributed by atoms with E-state index in [9.17, 15) is 0 Å². The van der Waals surface area contributed by atoms with Gasteiger partial charge in [0.15, 0.2) is 16.7 Å². The van der Waals surface area contributed by atoms with Crippen molar-refractivity contribution in [3.05, 3.63) is 30.3 Å². The molecule has 5 nitrogen and oxygen atoms in total. The molecule has 0 unspecified atom stereocenters. The highest BCUT2D eigenvalue weighted by atomic mass is 32.2. The monoisotopic (exact) mass is 305 g/mol. The molecule has 112 valence electrons. The van der Waals surface area contributed by atoms with Crippen LogP contribution in [0.15, 0.2) is 35.5 Å². The van der Waals surface area contributed by atoms with Crippen LogP contribution in [0, 0.1) is 0 Å². The SMILES string of the molecule is CCNc1cc(Oc2ccccc2OCC)nc(SC)n1. The zero-order chi connectivity index (χ0) is 15.1. The van der Waals surface area contributed by atoms with Gasteiger partial charge in [-0.25, -0.2) is 4.98 Å². The molecular weight excluding hydrogens is 286 g/mol. The van der Waals surface area contributed by atoms with Gasteiger partial charge in [0.2, 0.25) is 5.88 Å². The quantitative estimate of drug-likeness (QED) is 0.620. The van der Waals surface area contributed by atoms with Gasteiger partial charge in [0.25, 0.3) is 0 Å². The van der Waals surface area contributed by atoms with Gasteiger partial charge in [-0.2, -0.15) is 4.98 Å². The molecule has 0 amide bonds. The third kappa shape index (κ3) is 4.26. The van der Waals surface area contributed by atoms with Crippen LogP contribution in [-0.2, 0) is 0 Å². The highest BCUT2D eigenvalue weighted by Crippen LogP contribution is 2.31. The van der Waals surface area contributed by atoms with Crippen molar-refractivity contribution in [1.29, 1.82) is 0 Å². The summed E-state index contributed by atoms with van der Waals surface area (Å²) in [6, 6.07) is 9.33. The van der Waals surface area contributed by atoms with Gasteiger partial charge in [-0.3, -0.25) is 0 Å². The Hall–Kier alpha value is -1.95. The maximum Gasteiger partial charge on any atom is 0.225 e. The molecular formula is C15H19N3O2S. The number of para-hydroxylation sites is 2. The molecule has 0 aliphatic rings. The maximum atomic E-state index is 5.86. The Kier molecular flexibility index (Phi) is 5.68. The number of aromatic nitrogens is 2. The number of nitrogens with zero attached hydrogens (tertiary/aromatic N) is 2. The third-order valence-corrected chi connectivity index (χ3v) is 3.13. The zero-order valence-corrected chi connectivity index (χ0v) is 13.2. The van der Waals surface area contributed by atoms with E-state index in [4.69, 9.17) is 9.47 Å². The average Bonchev–Trinajstić information content (AvgIpc) is 2.49. The number of benzene rings is 1. The van der Waals surface area contributed by atoms with E-state index in [0.717, 1.165) is 12.4 Å². The number of thioether (sulfide) groups is 1. The number of anilines is 1. The van der Waals surface area contributed by atoms with Crippen molar-refractivity contribution in [1.82, 2.24) is 9.97 Å². The first-order chi connectivity index (χ1) is 10.3. The third-order valence-electron chi connectivity index (χ3n) is 2.59. The van der Waals surface area contributed by atoms with Gasteiger partial charge in [0.05, 0.1) is 6.61 Å². The molecule has 0 atom stereocenters. The topological polar surface area (TPSA) is 56.3 Å². The molecule has 0 aliphatic carbocycles. The Morgan fingerprint density at radius 1 is 1.14 bits per heavy atom. The molecule has 0 spiro atoms. The maximum absolute atomic E-state index is 5.86. The molecule has 0 radical (unpaired) electrons. The minimum absolute atomic E-state index is 0.498. The van der Waals surface area contributed by atoms with E-state index in [1.807, 2.05) is 44.4 Å². The van der Waals surface area contributed by atoms with Crippen LogP contribution in [0.3, 0.4) is 0 Å². The normalized spacial score (nSPS) is 10.2. The zero-order valence-electron chi connectivity index (χ0n) is 12.4. The summed E-state index contributed by atoms with van der Waals surface area (Å²) >= 11 is 1.47. The van der Waals surface area contributed by atoms with Crippen LogP contribution < -0.4 is 14.8 Å². The van der Waals surface area contributed by atoms with Gasteiger partial charge in [0.1, 0.15) is 5.82 Å². The fourth-order valence-corrected chi connectivity index (χ4v) is 2.11. The van der Waals surface area contributed by atoms with Crippen molar-refractivity contribution in [3.63, 3.8) is 0 Å². The lowest BCUT2D eigenvalue weighted by Gasteiger charge is -2.12. The first-order valence-electron chi connectivity index (χ1n) is 6.83. The van der Waals surface area contributed by atoms with Crippen molar-refractivity contribution >= 4 is 17.6 Å². The van der Waals surface area contributed by atoms with E-state index in [2.05, 4.69) is 15.3 Å². The van der Waals surface area contributed by atoms with E-state index >= 15 is 0 Å². The summed E-state index contributed by atoms with van der Waals surface area (Å²) in [5.41, 5.74) is 0. The van der Waals surface area contributed by atoms with Crippen molar-refractivity contribution < 1.29 is 9.47 Å². The van der Waals surface area contributed by atoms with E-state index in [1.165, 1.54) is 11.8 Å². The van der Waals surface area contributed by atoms with Crippen molar-refractivity contribution in [2.45, 2.75) is 19.0 Å². The molecule has 0 aliphatic heterocycles. The molecule has 0 saturated heterocycles. The molecule has 1 aromatic heterocycles. The van der Waals surface area contributed by atoms with Gasteiger partial charge >= 0.3 is 0 Å². The van der Waals surface area contributed by atoms with Crippen molar-refractivity contribution in [2.75, 3.05) is 24.7 Å². The summed E-state index contributed by atoms with van der Waals surface area (Å²) in [7, 11) is 0. The number of nitrogens with one attached hydrogen (secondary N) is 1. The first-order valence-corrected chi connectivity index (χ1v) is 8.06.